The highest BCUT2D eigenvalue weighted by Crippen LogP contribution is 2.24. The Bertz CT molecular complexity index is 549. The van der Waals surface area contributed by atoms with Gasteiger partial charge < -0.3 is 20.4 Å². The van der Waals surface area contributed by atoms with Crippen molar-refractivity contribution in [3.8, 4) is 6.07 Å². The molecule has 0 spiro atoms. The average molecular weight is 341 g/mol. The average Bonchev–Trinajstić information content (AvgIpc) is 2.75. The van der Waals surface area contributed by atoms with Crippen LogP contribution >= 0.6 is 15.9 Å². The van der Waals surface area contributed by atoms with Gasteiger partial charge in [-0.15, -0.1) is 0 Å². The lowest BCUT2D eigenvalue weighted by molar-refractivity contribution is 0.0475. The Morgan fingerprint density at radius 3 is 3.00 bits per heavy atom. The van der Waals surface area contributed by atoms with Crippen molar-refractivity contribution in [2.45, 2.75) is 25.5 Å². The Morgan fingerprint density at radius 2 is 2.35 bits per heavy atom. The summed E-state index contributed by atoms with van der Waals surface area (Å²) in [6.45, 7) is 3.35. The van der Waals surface area contributed by atoms with Gasteiger partial charge in [0.05, 0.1) is 22.2 Å². The minimum Gasteiger partial charge on any atom is -0.378 e. The Morgan fingerprint density at radius 1 is 1.60 bits per heavy atom. The van der Waals surface area contributed by atoms with Gasteiger partial charge >= 0.3 is 0 Å². The highest BCUT2D eigenvalue weighted by molar-refractivity contribution is 9.10. The van der Waals surface area contributed by atoms with Gasteiger partial charge in [0.25, 0.3) is 5.91 Å². The highest BCUT2D eigenvalue weighted by atomic mass is 79.9. The normalized spacial score (nSPS) is 22.3. The summed E-state index contributed by atoms with van der Waals surface area (Å²) >= 11 is 3.31. The number of carbonyl (C=O) groups is 1. The van der Waals surface area contributed by atoms with Gasteiger partial charge in [-0.25, -0.2) is 0 Å². The molecule has 0 aromatic carbocycles. The Labute approximate surface area is 126 Å². The molecule has 0 unspecified atom stereocenters. The fraction of sp³-hybridized carbons (Fsp3) is 0.538. The van der Waals surface area contributed by atoms with Gasteiger partial charge in [-0.1, -0.05) is 0 Å². The van der Waals surface area contributed by atoms with Gasteiger partial charge in [0.1, 0.15) is 11.8 Å². The molecule has 7 heteroatoms. The molecule has 3 N–H and O–H groups in total. The molecule has 0 bridgehead atoms. The van der Waals surface area contributed by atoms with Gasteiger partial charge in [-0.3, -0.25) is 4.79 Å². The standard InChI is InChI=1S/C13H17BrN4O2/c1-7-11(14)8(5-15)12(17-7)13(19)18-9-3-4-16-6-10(9)20-2/h9-10,16-17H,3-4,6H2,1-2H3,(H,18,19)/t9-,10+/m1/s1. The molecule has 1 aromatic heterocycles. The van der Waals surface area contributed by atoms with Crippen LogP contribution in [0.3, 0.4) is 0 Å². The summed E-state index contributed by atoms with van der Waals surface area (Å²) in [5.41, 5.74) is 1.40. The van der Waals surface area contributed by atoms with E-state index in [-0.39, 0.29) is 18.1 Å². The number of aromatic nitrogens is 1. The largest absolute Gasteiger partial charge is 0.378 e. The number of hydrogen-bond acceptors (Lipinski definition) is 4. The van der Waals surface area contributed by atoms with Crippen molar-refractivity contribution in [3.63, 3.8) is 0 Å². The molecule has 2 heterocycles. The molecule has 20 heavy (non-hydrogen) atoms. The molecule has 1 saturated heterocycles. The number of aryl methyl sites for hydroxylation is 1. The predicted molar refractivity (Wildman–Crippen MR) is 77.5 cm³/mol. The van der Waals surface area contributed by atoms with E-state index in [1.807, 2.05) is 13.0 Å². The number of nitriles is 1. The molecule has 0 saturated carbocycles. The maximum Gasteiger partial charge on any atom is 0.269 e. The zero-order chi connectivity index (χ0) is 14.7. The molecular formula is C13H17BrN4O2. The smallest absolute Gasteiger partial charge is 0.269 e. The number of methoxy groups -OCH3 is 1. The molecule has 1 fully saturated rings. The van der Waals surface area contributed by atoms with E-state index >= 15 is 0 Å². The lowest BCUT2D eigenvalue weighted by Gasteiger charge is -2.31. The molecule has 2 rings (SSSR count). The molecule has 6 nitrogen and oxygen atoms in total. The van der Waals surface area contributed by atoms with Crippen LogP contribution < -0.4 is 10.6 Å². The molecule has 1 aromatic rings. The number of amides is 1. The van der Waals surface area contributed by atoms with E-state index in [9.17, 15) is 4.79 Å². The molecule has 1 aliphatic rings. The number of carbonyl (C=O) groups excluding carboxylic acids is 1. The summed E-state index contributed by atoms with van der Waals surface area (Å²) in [6, 6.07) is 1.99. The van der Waals surface area contributed by atoms with Gasteiger partial charge in [-0.05, 0) is 35.8 Å². The van der Waals surface area contributed by atoms with Crippen molar-refractivity contribution in [1.82, 2.24) is 15.6 Å². The number of halogens is 1. The first-order chi connectivity index (χ1) is 9.58. The fourth-order valence-corrected chi connectivity index (χ4v) is 2.75. The van der Waals surface area contributed by atoms with Gasteiger partial charge in [0, 0.05) is 19.3 Å². The number of piperidine rings is 1. The van der Waals surface area contributed by atoms with Gasteiger partial charge in [0.15, 0.2) is 0 Å². The first-order valence-corrected chi connectivity index (χ1v) is 7.20. The van der Waals surface area contributed by atoms with E-state index in [0.717, 1.165) is 18.7 Å². The van der Waals surface area contributed by atoms with E-state index in [1.54, 1.807) is 7.11 Å². The molecule has 1 amide bonds. The zero-order valence-corrected chi connectivity index (χ0v) is 13.0. The third kappa shape index (κ3) is 2.87. The zero-order valence-electron chi connectivity index (χ0n) is 11.4. The third-order valence-corrected chi connectivity index (χ3v) is 4.49. The van der Waals surface area contributed by atoms with Gasteiger partial charge in [-0.2, -0.15) is 5.26 Å². The van der Waals surface area contributed by atoms with Crippen LogP contribution in [0.5, 0.6) is 0 Å². The second kappa shape index (κ2) is 6.39. The first-order valence-electron chi connectivity index (χ1n) is 6.41. The van der Waals surface area contributed by atoms with E-state index in [4.69, 9.17) is 10.00 Å². The van der Waals surface area contributed by atoms with E-state index in [2.05, 4.69) is 31.5 Å². The number of nitrogens with zero attached hydrogens (tertiary/aromatic N) is 1. The molecule has 2 atom stereocenters. The number of aromatic amines is 1. The summed E-state index contributed by atoms with van der Waals surface area (Å²) in [6.07, 6.45) is 0.741. The van der Waals surface area contributed by atoms with E-state index < -0.39 is 0 Å². The van der Waals surface area contributed by atoms with Crippen LogP contribution in [0.1, 0.15) is 28.2 Å². The second-order valence-electron chi connectivity index (χ2n) is 4.77. The van der Waals surface area contributed by atoms with Crippen molar-refractivity contribution in [1.29, 1.82) is 5.26 Å². The minimum absolute atomic E-state index is 0.0531. The molecular weight excluding hydrogens is 324 g/mol. The van der Waals surface area contributed by atoms with Crippen LogP contribution in [-0.2, 0) is 4.74 Å². The fourth-order valence-electron chi connectivity index (χ4n) is 2.36. The monoisotopic (exact) mass is 340 g/mol. The topological polar surface area (TPSA) is 89.9 Å². The lowest BCUT2D eigenvalue weighted by Crippen LogP contribution is -2.53. The maximum absolute atomic E-state index is 12.3. The van der Waals surface area contributed by atoms with Crippen molar-refractivity contribution < 1.29 is 9.53 Å². The van der Waals surface area contributed by atoms with Crippen LogP contribution in [0.25, 0.3) is 0 Å². The molecule has 1 aliphatic heterocycles. The van der Waals surface area contributed by atoms with Crippen LogP contribution in [0, 0.1) is 18.3 Å². The predicted octanol–water partition coefficient (Wildman–Crippen LogP) is 1.06. The summed E-state index contributed by atoms with van der Waals surface area (Å²) in [4.78, 5) is 15.3. The van der Waals surface area contributed by atoms with Crippen molar-refractivity contribution in [2.24, 2.45) is 0 Å². The SMILES string of the molecule is CO[C@H]1CNCC[C@H]1NC(=O)c1[nH]c(C)c(Br)c1C#N. The number of H-pyrrole nitrogens is 1. The second-order valence-corrected chi connectivity index (χ2v) is 5.57. The van der Waals surface area contributed by atoms with Gasteiger partial charge in [0.2, 0.25) is 0 Å². The Kier molecular flexibility index (Phi) is 4.81. The van der Waals surface area contributed by atoms with Crippen LogP contribution in [0.4, 0.5) is 0 Å². The Hall–Kier alpha value is -1.36. The summed E-state index contributed by atoms with van der Waals surface area (Å²) in [5.74, 6) is -0.274. The van der Waals surface area contributed by atoms with Crippen molar-refractivity contribution in [3.05, 3.63) is 21.4 Å². The molecule has 108 valence electrons. The number of nitrogens with one attached hydrogen (secondary N) is 3. The highest BCUT2D eigenvalue weighted by Gasteiger charge is 2.28. The minimum atomic E-state index is -0.274. The van der Waals surface area contributed by atoms with Crippen LogP contribution in [0.15, 0.2) is 4.47 Å². The summed E-state index contributed by atoms with van der Waals surface area (Å²) in [7, 11) is 1.63. The first kappa shape index (κ1) is 15.0. The third-order valence-electron chi connectivity index (χ3n) is 3.50. The summed E-state index contributed by atoms with van der Waals surface area (Å²) < 4.78 is 6.00. The van der Waals surface area contributed by atoms with E-state index in [0.29, 0.717) is 22.3 Å². The Balaban J connectivity index is 2.16. The lowest BCUT2D eigenvalue weighted by atomic mass is 10.0. The van der Waals surface area contributed by atoms with Crippen LogP contribution in [0.2, 0.25) is 0 Å². The maximum atomic E-state index is 12.3. The van der Waals surface area contributed by atoms with Crippen molar-refractivity contribution in [2.75, 3.05) is 20.2 Å². The quantitative estimate of drug-likeness (QED) is 0.767. The number of rotatable bonds is 3. The number of ether oxygens (including phenoxy) is 1. The summed E-state index contributed by atoms with van der Waals surface area (Å²) in [5, 5.41) is 15.3. The molecule has 0 aliphatic carbocycles. The van der Waals surface area contributed by atoms with Crippen molar-refractivity contribution >= 4 is 21.8 Å². The molecule has 0 radical (unpaired) electrons. The number of hydrogen-bond donors (Lipinski definition) is 3. The van der Waals surface area contributed by atoms with E-state index in [1.165, 1.54) is 0 Å². The van der Waals surface area contributed by atoms with Crippen LogP contribution in [-0.4, -0.2) is 43.2 Å².